The maximum absolute atomic E-state index is 12.8. The van der Waals surface area contributed by atoms with Crippen LogP contribution in [-0.4, -0.2) is 60.1 Å². The highest BCUT2D eigenvalue weighted by molar-refractivity contribution is 8.00. The molecule has 2 amide bonds. The standard InChI is InChI=1S/C13H17Cl2NO2S.C13H18FNO2S/c1-9(2)19-6-5-16-13(17)8-18-10-3-4-11(14)12(15)7-10;1-10(2)18-7-6-15-13(16)9-17-12-5-3-4-11(14)8-12/h3-4,7,9H,5-6,8H2,1-2H3,(H,16,17);3-5,8,10H,6-7,9H2,1-2H3,(H,15,16). The summed E-state index contributed by atoms with van der Waals surface area (Å²) in [4.78, 5) is 22.9. The number of hydrogen-bond acceptors (Lipinski definition) is 6. The summed E-state index contributed by atoms with van der Waals surface area (Å²) in [5.41, 5.74) is 0. The third kappa shape index (κ3) is 17.3. The van der Waals surface area contributed by atoms with Gasteiger partial charge in [-0.3, -0.25) is 9.59 Å². The molecule has 11 heteroatoms. The predicted molar refractivity (Wildman–Crippen MR) is 155 cm³/mol. The molecule has 0 aliphatic heterocycles. The summed E-state index contributed by atoms with van der Waals surface area (Å²) in [6.07, 6.45) is 0. The van der Waals surface area contributed by atoms with E-state index in [2.05, 4.69) is 38.3 Å². The quantitative estimate of drug-likeness (QED) is 0.258. The Labute approximate surface area is 237 Å². The molecule has 206 valence electrons. The zero-order valence-corrected chi connectivity index (χ0v) is 24.7. The van der Waals surface area contributed by atoms with Gasteiger partial charge in [0, 0.05) is 36.7 Å². The Balaban J connectivity index is 0.000000371. The Morgan fingerprint density at radius 2 is 1.32 bits per heavy atom. The molecule has 37 heavy (non-hydrogen) atoms. The van der Waals surface area contributed by atoms with Gasteiger partial charge in [-0.2, -0.15) is 23.5 Å². The molecule has 0 fully saturated rings. The van der Waals surface area contributed by atoms with Crippen molar-refractivity contribution in [2.75, 3.05) is 37.8 Å². The molecule has 0 atom stereocenters. The SMILES string of the molecule is CC(C)SCCNC(=O)COc1ccc(Cl)c(Cl)c1.CC(C)SCCNC(=O)COc1cccc(F)c1. The predicted octanol–water partition coefficient (Wildman–Crippen LogP) is 6.09. The maximum Gasteiger partial charge on any atom is 0.257 e. The van der Waals surface area contributed by atoms with Crippen molar-refractivity contribution >= 4 is 58.5 Å². The summed E-state index contributed by atoms with van der Waals surface area (Å²) in [6.45, 7) is 9.62. The third-order valence-corrected chi connectivity index (χ3v) is 7.13. The van der Waals surface area contributed by atoms with Gasteiger partial charge in [0.05, 0.1) is 10.0 Å². The Bertz CT molecular complexity index is 968. The fourth-order valence-corrected chi connectivity index (χ4v) is 4.16. The van der Waals surface area contributed by atoms with Crippen LogP contribution < -0.4 is 20.1 Å². The minimum atomic E-state index is -0.374. The lowest BCUT2D eigenvalue weighted by atomic mass is 10.3. The molecule has 0 aliphatic rings. The normalized spacial score (nSPS) is 10.5. The zero-order chi connectivity index (χ0) is 27.6. The molecule has 0 bridgehead atoms. The van der Waals surface area contributed by atoms with Crippen LogP contribution in [0.25, 0.3) is 0 Å². The van der Waals surface area contributed by atoms with Crippen molar-refractivity contribution in [3.63, 3.8) is 0 Å². The summed E-state index contributed by atoms with van der Waals surface area (Å²) >= 11 is 15.2. The van der Waals surface area contributed by atoms with Gasteiger partial charge in [-0.15, -0.1) is 0 Å². The van der Waals surface area contributed by atoms with Gasteiger partial charge in [0.15, 0.2) is 13.2 Å². The van der Waals surface area contributed by atoms with Crippen molar-refractivity contribution in [2.45, 2.75) is 38.2 Å². The Morgan fingerprint density at radius 3 is 1.78 bits per heavy atom. The van der Waals surface area contributed by atoms with Crippen LogP contribution in [0.5, 0.6) is 11.5 Å². The van der Waals surface area contributed by atoms with Gasteiger partial charge in [-0.1, -0.05) is 57.0 Å². The minimum absolute atomic E-state index is 0.0235. The van der Waals surface area contributed by atoms with E-state index < -0.39 is 0 Å². The Hall–Kier alpha value is -1.81. The second-order valence-electron chi connectivity index (χ2n) is 8.15. The number of rotatable bonds is 14. The smallest absolute Gasteiger partial charge is 0.257 e. The number of nitrogens with one attached hydrogen (secondary N) is 2. The number of halogens is 3. The molecule has 0 heterocycles. The average molecular weight is 594 g/mol. The summed E-state index contributed by atoms with van der Waals surface area (Å²) in [7, 11) is 0. The summed E-state index contributed by atoms with van der Waals surface area (Å²) in [6, 6.07) is 10.6. The van der Waals surface area contributed by atoms with Crippen LogP contribution in [0.1, 0.15) is 27.7 Å². The van der Waals surface area contributed by atoms with Gasteiger partial charge < -0.3 is 20.1 Å². The van der Waals surface area contributed by atoms with E-state index in [4.69, 9.17) is 32.7 Å². The number of ether oxygens (including phenoxy) is 2. The van der Waals surface area contributed by atoms with Crippen LogP contribution in [-0.2, 0) is 9.59 Å². The van der Waals surface area contributed by atoms with Crippen molar-refractivity contribution in [1.29, 1.82) is 0 Å². The zero-order valence-electron chi connectivity index (χ0n) is 21.5. The molecule has 0 aliphatic carbocycles. The van der Waals surface area contributed by atoms with Crippen LogP contribution >= 0.6 is 46.7 Å². The number of thioether (sulfide) groups is 2. The second kappa shape index (κ2) is 19.3. The van der Waals surface area contributed by atoms with E-state index in [9.17, 15) is 14.0 Å². The van der Waals surface area contributed by atoms with Crippen LogP contribution in [0.4, 0.5) is 4.39 Å². The van der Waals surface area contributed by atoms with Gasteiger partial charge in [0.1, 0.15) is 17.3 Å². The van der Waals surface area contributed by atoms with Gasteiger partial charge in [0.25, 0.3) is 11.8 Å². The topological polar surface area (TPSA) is 76.7 Å². The van der Waals surface area contributed by atoms with Crippen molar-refractivity contribution < 1.29 is 23.5 Å². The molecule has 0 saturated carbocycles. The first kappa shape index (κ1) is 33.2. The average Bonchev–Trinajstić information content (AvgIpc) is 2.84. The molecular formula is C26H35Cl2FN2O4S2. The molecule has 0 radical (unpaired) electrons. The van der Waals surface area contributed by atoms with Gasteiger partial charge in [0.2, 0.25) is 0 Å². The summed E-state index contributed by atoms with van der Waals surface area (Å²) in [5.74, 6) is 1.96. The number of carbonyl (C=O) groups is 2. The van der Waals surface area contributed by atoms with Crippen molar-refractivity contribution in [3.05, 3.63) is 58.3 Å². The highest BCUT2D eigenvalue weighted by Gasteiger charge is 2.05. The van der Waals surface area contributed by atoms with E-state index in [1.165, 1.54) is 12.1 Å². The number of carbonyl (C=O) groups excluding carboxylic acids is 2. The first-order chi connectivity index (χ1) is 17.6. The maximum atomic E-state index is 12.8. The third-order valence-electron chi connectivity index (χ3n) is 4.18. The molecule has 2 N–H and O–H groups in total. The molecule has 0 saturated heterocycles. The highest BCUT2D eigenvalue weighted by Crippen LogP contribution is 2.26. The van der Waals surface area contributed by atoms with Gasteiger partial charge in [-0.25, -0.2) is 4.39 Å². The number of amides is 2. The van der Waals surface area contributed by atoms with Crippen molar-refractivity contribution in [1.82, 2.24) is 10.6 Å². The van der Waals surface area contributed by atoms with E-state index in [-0.39, 0.29) is 30.8 Å². The monoisotopic (exact) mass is 592 g/mol. The molecule has 2 rings (SSSR count). The first-order valence-electron chi connectivity index (χ1n) is 11.8. The Kier molecular flexibility index (Phi) is 17.3. The Morgan fingerprint density at radius 1 is 0.811 bits per heavy atom. The molecule has 6 nitrogen and oxygen atoms in total. The van der Waals surface area contributed by atoms with E-state index in [0.29, 0.717) is 45.1 Å². The molecule has 0 spiro atoms. The fraction of sp³-hybridized carbons (Fsp3) is 0.462. The summed E-state index contributed by atoms with van der Waals surface area (Å²) in [5, 5.41) is 7.54. The van der Waals surface area contributed by atoms with Gasteiger partial charge >= 0.3 is 0 Å². The van der Waals surface area contributed by atoms with Crippen LogP contribution in [0.3, 0.4) is 0 Å². The first-order valence-corrected chi connectivity index (χ1v) is 14.6. The van der Waals surface area contributed by atoms with Crippen LogP contribution in [0.2, 0.25) is 10.0 Å². The largest absolute Gasteiger partial charge is 0.484 e. The lowest BCUT2D eigenvalue weighted by Crippen LogP contribution is -2.30. The van der Waals surface area contributed by atoms with Crippen LogP contribution in [0.15, 0.2) is 42.5 Å². The van der Waals surface area contributed by atoms with Crippen LogP contribution in [0, 0.1) is 5.82 Å². The lowest BCUT2D eigenvalue weighted by molar-refractivity contribution is -0.123. The highest BCUT2D eigenvalue weighted by atomic mass is 35.5. The molecule has 2 aromatic rings. The van der Waals surface area contributed by atoms with E-state index in [1.807, 2.05) is 0 Å². The number of hydrogen-bond donors (Lipinski definition) is 2. The molecule has 0 aromatic heterocycles. The minimum Gasteiger partial charge on any atom is -0.484 e. The molecule has 0 unspecified atom stereocenters. The van der Waals surface area contributed by atoms with Crippen molar-refractivity contribution in [2.24, 2.45) is 0 Å². The fourth-order valence-electron chi connectivity index (χ4n) is 2.49. The van der Waals surface area contributed by atoms with E-state index in [1.54, 1.807) is 53.9 Å². The number of benzene rings is 2. The van der Waals surface area contributed by atoms with E-state index in [0.717, 1.165) is 11.5 Å². The van der Waals surface area contributed by atoms with Gasteiger partial charge in [-0.05, 0) is 34.8 Å². The second-order valence-corrected chi connectivity index (χ2v) is 12.3. The van der Waals surface area contributed by atoms with Crippen molar-refractivity contribution in [3.8, 4) is 11.5 Å². The van der Waals surface area contributed by atoms with E-state index >= 15 is 0 Å². The lowest BCUT2D eigenvalue weighted by Gasteiger charge is -2.09. The summed E-state index contributed by atoms with van der Waals surface area (Å²) < 4.78 is 23.3. The molecular weight excluding hydrogens is 558 g/mol. The molecule has 2 aromatic carbocycles.